The van der Waals surface area contributed by atoms with Crippen molar-refractivity contribution in [2.45, 2.75) is 130 Å². The maximum Gasteiger partial charge on any atom is 0.673 e. The lowest BCUT2D eigenvalue weighted by molar-refractivity contribution is -0.672. The van der Waals surface area contributed by atoms with Gasteiger partial charge >= 0.3 is 7.25 Å². The predicted octanol–water partition coefficient (Wildman–Crippen LogP) is 9.51. The molecule has 2 aromatic rings. The molecule has 0 N–H and O–H groups in total. The fraction of sp³-hybridized carbons (Fsp3) is 0.741. The summed E-state index contributed by atoms with van der Waals surface area (Å²) in [5, 5.41) is 0. The van der Waals surface area contributed by atoms with Crippen molar-refractivity contribution in [3.05, 3.63) is 30.6 Å². The van der Waals surface area contributed by atoms with Crippen LogP contribution in [0.15, 0.2) is 30.6 Å². The fourth-order valence-corrected chi connectivity index (χ4v) is 4.43. The lowest BCUT2D eigenvalue weighted by Crippen LogP contribution is -2.32. The zero-order valence-electron chi connectivity index (χ0n) is 21.6. The summed E-state index contributed by atoms with van der Waals surface area (Å²) in [7, 11) is -6.00. The molecule has 0 saturated carbocycles. The second kappa shape index (κ2) is 18.8. The van der Waals surface area contributed by atoms with Crippen LogP contribution >= 0.6 is 0 Å². The topological polar surface area (TPSA) is 8.81 Å². The van der Waals surface area contributed by atoms with Crippen LogP contribution in [-0.2, 0) is 13.1 Å². The lowest BCUT2D eigenvalue weighted by Gasteiger charge is -2.01. The monoisotopic (exact) mass is 486 g/mol. The molecule has 0 spiro atoms. The number of rotatable bonds is 18. The van der Waals surface area contributed by atoms with Gasteiger partial charge in [0.25, 0.3) is 0 Å². The van der Waals surface area contributed by atoms with Crippen LogP contribution in [0.5, 0.6) is 0 Å². The number of aromatic nitrogens is 2. The number of para-hydroxylation sites is 2. The smallest absolute Gasteiger partial charge is 0.418 e. The van der Waals surface area contributed by atoms with E-state index in [1.54, 1.807) is 0 Å². The van der Waals surface area contributed by atoms with Gasteiger partial charge in [-0.25, -0.2) is 9.13 Å². The molecule has 196 valence electrons. The van der Waals surface area contributed by atoms with Gasteiger partial charge in [0, 0.05) is 0 Å². The van der Waals surface area contributed by atoms with E-state index in [0.29, 0.717) is 0 Å². The van der Waals surface area contributed by atoms with Crippen LogP contribution in [0.2, 0.25) is 0 Å². The van der Waals surface area contributed by atoms with E-state index in [1.165, 1.54) is 127 Å². The van der Waals surface area contributed by atoms with Crippen molar-refractivity contribution in [1.82, 2.24) is 4.57 Å². The van der Waals surface area contributed by atoms with Crippen LogP contribution in [0.4, 0.5) is 17.3 Å². The Morgan fingerprint density at radius 1 is 0.647 bits per heavy atom. The maximum atomic E-state index is 9.75. The number of nitrogens with zero attached hydrogens (tertiary/aromatic N) is 2. The van der Waals surface area contributed by atoms with E-state index in [9.17, 15) is 17.3 Å². The maximum absolute atomic E-state index is 9.75. The molecule has 2 rings (SSSR count). The molecule has 0 bridgehead atoms. The fourth-order valence-electron chi connectivity index (χ4n) is 4.43. The van der Waals surface area contributed by atoms with Gasteiger partial charge in [-0.1, -0.05) is 103 Å². The summed E-state index contributed by atoms with van der Waals surface area (Å²) in [5.41, 5.74) is 2.82. The van der Waals surface area contributed by atoms with Crippen molar-refractivity contribution < 1.29 is 21.8 Å². The number of unbranched alkanes of at least 4 members (excludes halogenated alkanes) is 14. The van der Waals surface area contributed by atoms with Crippen LogP contribution in [0.1, 0.15) is 117 Å². The number of halogens is 4. The van der Waals surface area contributed by atoms with Gasteiger partial charge in [-0.05, 0) is 37.8 Å². The van der Waals surface area contributed by atoms with Gasteiger partial charge in [0.05, 0.1) is 13.1 Å². The van der Waals surface area contributed by atoms with Gasteiger partial charge in [-0.2, -0.15) is 0 Å². The highest BCUT2D eigenvalue weighted by Crippen LogP contribution is 2.15. The Morgan fingerprint density at radius 3 is 1.62 bits per heavy atom. The molecule has 0 atom stereocenters. The van der Waals surface area contributed by atoms with Crippen LogP contribution in [0, 0.1) is 0 Å². The van der Waals surface area contributed by atoms with E-state index in [4.69, 9.17) is 0 Å². The lowest BCUT2D eigenvalue weighted by atomic mass is 10.1. The van der Waals surface area contributed by atoms with Crippen LogP contribution in [0.3, 0.4) is 0 Å². The highest BCUT2D eigenvalue weighted by atomic mass is 19.5. The zero-order chi connectivity index (χ0) is 25.1. The number of hydrogen-bond donors (Lipinski definition) is 0. The van der Waals surface area contributed by atoms with Gasteiger partial charge in [0.15, 0.2) is 11.0 Å². The molecule has 0 amide bonds. The molecule has 1 aromatic heterocycles. The zero-order valence-corrected chi connectivity index (χ0v) is 21.6. The summed E-state index contributed by atoms with van der Waals surface area (Å²) in [4.78, 5) is 0. The second-order valence-corrected chi connectivity index (χ2v) is 9.44. The minimum absolute atomic E-state index is 1.17. The Bertz CT molecular complexity index is 686. The number of fused-ring (bicyclic) bond motifs is 1. The van der Waals surface area contributed by atoms with Crippen molar-refractivity contribution in [2.75, 3.05) is 0 Å². The summed E-state index contributed by atoms with van der Waals surface area (Å²) in [6.07, 6.45) is 24.6. The first-order valence-electron chi connectivity index (χ1n) is 13.7. The van der Waals surface area contributed by atoms with Gasteiger partial charge in [0.1, 0.15) is 0 Å². The second-order valence-electron chi connectivity index (χ2n) is 9.44. The number of hydrogen-bond acceptors (Lipinski definition) is 0. The van der Waals surface area contributed by atoms with Gasteiger partial charge in [-0.3, -0.25) is 0 Å². The number of aryl methyl sites for hydroxylation is 2. The molecule has 0 aliphatic heterocycles. The SMILES string of the molecule is CCCCCCCCCCn1c[n+](CCCCCCCCCC)c2ccccc21.F[B-](F)(F)F. The third-order valence-electron chi connectivity index (χ3n) is 6.28. The van der Waals surface area contributed by atoms with Gasteiger partial charge in [-0.15, -0.1) is 0 Å². The summed E-state index contributed by atoms with van der Waals surface area (Å²) in [6.45, 7) is 6.92. The summed E-state index contributed by atoms with van der Waals surface area (Å²) in [5.74, 6) is 0. The summed E-state index contributed by atoms with van der Waals surface area (Å²) < 4.78 is 44.0. The van der Waals surface area contributed by atoms with E-state index in [-0.39, 0.29) is 0 Å². The average Bonchev–Trinajstić information content (AvgIpc) is 3.14. The summed E-state index contributed by atoms with van der Waals surface area (Å²) >= 11 is 0. The van der Waals surface area contributed by atoms with E-state index in [0.717, 1.165) is 0 Å². The first-order valence-corrected chi connectivity index (χ1v) is 13.7. The Hall–Kier alpha value is -1.53. The first kappa shape index (κ1) is 30.5. The molecule has 0 saturated heterocycles. The van der Waals surface area contributed by atoms with Gasteiger partial charge < -0.3 is 17.3 Å². The molecule has 0 aliphatic rings. The van der Waals surface area contributed by atoms with Crippen molar-refractivity contribution in [3.8, 4) is 0 Å². The Morgan fingerprint density at radius 2 is 1.09 bits per heavy atom. The largest absolute Gasteiger partial charge is 0.673 e. The molecule has 0 unspecified atom stereocenters. The highest BCUT2D eigenvalue weighted by Gasteiger charge is 2.20. The van der Waals surface area contributed by atoms with Crippen LogP contribution in [0.25, 0.3) is 11.0 Å². The van der Waals surface area contributed by atoms with Crippen molar-refractivity contribution in [1.29, 1.82) is 0 Å². The third-order valence-corrected chi connectivity index (χ3v) is 6.28. The number of benzene rings is 1. The number of imidazole rings is 1. The molecule has 7 heteroatoms. The van der Waals surface area contributed by atoms with Crippen molar-refractivity contribution >= 4 is 18.3 Å². The minimum atomic E-state index is -6.00. The van der Waals surface area contributed by atoms with Gasteiger partial charge in [0.2, 0.25) is 6.33 Å². The van der Waals surface area contributed by atoms with Crippen molar-refractivity contribution in [2.24, 2.45) is 0 Å². The quantitative estimate of drug-likeness (QED) is 0.0859. The van der Waals surface area contributed by atoms with E-state index in [2.05, 4.69) is 53.6 Å². The molecule has 34 heavy (non-hydrogen) atoms. The molecule has 1 heterocycles. The Labute approximate surface area is 205 Å². The van der Waals surface area contributed by atoms with E-state index in [1.807, 2.05) is 0 Å². The normalized spacial score (nSPS) is 11.6. The third kappa shape index (κ3) is 15.4. The van der Waals surface area contributed by atoms with E-state index >= 15 is 0 Å². The molecule has 0 fully saturated rings. The average molecular weight is 486 g/mol. The van der Waals surface area contributed by atoms with Crippen LogP contribution < -0.4 is 4.57 Å². The molecular weight excluding hydrogens is 439 g/mol. The Kier molecular flexibility index (Phi) is 16.8. The molecule has 0 aliphatic carbocycles. The minimum Gasteiger partial charge on any atom is -0.418 e. The van der Waals surface area contributed by atoms with Crippen molar-refractivity contribution in [3.63, 3.8) is 0 Å². The standard InChI is InChI=1S/C27H47N2.BF4/c1-3-5-7-9-11-13-15-19-23-28-25-29(27-22-18-17-21-26(27)28)24-20-16-14-12-10-8-6-4-2;2-1(3,4)5/h17-18,21-22,25H,3-16,19-20,23-24H2,1-2H3;/q+1;-1. The molecular formula is C27H47BF4N2. The van der Waals surface area contributed by atoms with Crippen LogP contribution in [-0.4, -0.2) is 11.8 Å². The molecule has 2 nitrogen and oxygen atoms in total. The molecule has 0 radical (unpaired) electrons. The molecule has 1 aromatic carbocycles. The van der Waals surface area contributed by atoms with E-state index < -0.39 is 7.25 Å². The predicted molar refractivity (Wildman–Crippen MR) is 138 cm³/mol. The Balaban J connectivity index is 0.00000104. The first-order chi connectivity index (χ1) is 16.4. The highest BCUT2D eigenvalue weighted by molar-refractivity contribution is 6.50. The summed E-state index contributed by atoms with van der Waals surface area (Å²) in [6, 6.07) is 8.97.